The highest BCUT2D eigenvalue weighted by Crippen LogP contribution is 2.17. The number of nitrogens with zero attached hydrogens (tertiary/aromatic N) is 2. The average Bonchev–Trinajstić information content (AvgIpc) is 2.32. The van der Waals surface area contributed by atoms with Crippen molar-refractivity contribution in [2.45, 2.75) is 13.0 Å². The first-order valence-electron chi connectivity index (χ1n) is 5.53. The van der Waals surface area contributed by atoms with E-state index in [-0.39, 0.29) is 0 Å². The number of halogens is 1. The van der Waals surface area contributed by atoms with Gasteiger partial charge in [-0.05, 0) is 17.7 Å². The van der Waals surface area contributed by atoms with Gasteiger partial charge >= 0.3 is 0 Å². The Balaban J connectivity index is 2.05. The quantitative estimate of drug-likeness (QED) is 0.872. The molecule has 1 aromatic carbocycles. The molecule has 0 saturated carbocycles. The van der Waals surface area contributed by atoms with Crippen molar-refractivity contribution in [3.05, 3.63) is 46.1 Å². The maximum Gasteiger partial charge on any atom is 0.0979 e. The Hall–Kier alpha value is -1.50. The van der Waals surface area contributed by atoms with Gasteiger partial charge in [0.25, 0.3) is 0 Å². The van der Waals surface area contributed by atoms with E-state index < -0.39 is 0 Å². The molecule has 1 aromatic rings. The third-order valence-electron chi connectivity index (χ3n) is 2.90. The van der Waals surface area contributed by atoms with Crippen molar-refractivity contribution >= 4 is 11.6 Å². The van der Waals surface area contributed by atoms with Crippen molar-refractivity contribution < 1.29 is 0 Å². The summed E-state index contributed by atoms with van der Waals surface area (Å²) in [6.07, 6.45) is 0.767. The van der Waals surface area contributed by atoms with Crippen LogP contribution in [-0.2, 0) is 6.54 Å². The Bertz CT molecular complexity index is 488. The summed E-state index contributed by atoms with van der Waals surface area (Å²) in [5.41, 5.74) is 8.37. The third-order valence-corrected chi connectivity index (χ3v) is 3.13. The Morgan fingerprint density at radius 3 is 3.00 bits per heavy atom. The lowest BCUT2D eigenvalue weighted by Crippen LogP contribution is -2.32. The van der Waals surface area contributed by atoms with E-state index in [1.165, 1.54) is 0 Å². The highest BCUT2D eigenvalue weighted by Gasteiger charge is 2.17. The van der Waals surface area contributed by atoms with Crippen LogP contribution < -0.4 is 5.73 Å². The first-order chi connectivity index (χ1) is 8.19. The summed E-state index contributed by atoms with van der Waals surface area (Å²) in [7, 11) is 0. The molecular weight excluding hydrogens is 234 g/mol. The van der Waals surface area contributed by atoms with Crippen LogP contribution in [0.5, 0.6) is 0 Å². The Kier molecular flexibility index (Phi) is 3.68. The number of nitriles is 1. The molecule has 0 atom stereocenters. The zero-order chi connectivity index (χ0) is 12.3. The van der Waals surface area contributed by atoms with Crippen LogP contribution >= 0.6 is 11.6 Å². The number of rotatable bonds is 2. The second-order valence-corrected chi connectivity index (χ2v) is 4.64. The fraction of sp³-hybridized carbons (Fsp3) is 0.308. The molecule has 3 nitrogen and oxygen atoms in total. The molecular formula is C13H14ClN3. The van der Waals surface area contributed by atoms with Crippen LogP contribution in [0.3, 0.4) is 0 Å². The minimum atomic E-state index is 0.634. The lowest BCUT2D eigenvalue weighted by molar-refractivity contribution is 0.280. The first kappa shape index (κ1) is 12.0. The van der Waals surface area contributed by atoms with Crippen LogP contribution in [0.15, 0.2) is 35.5 Å². The van der Waals surface area contributed by atoms with Gasteiger partial charge < -0.3 is 5.73 Å². The van der Waals surface area contributed by atoms with Crippen molar-refractivity contribution in [2.75, 3.05) is 13.1 Å². The summed E-state index contributed by atoms with van der Waals surface area (Å²) in [6, 6.07) is 9.97. The summed E-state index contributed by atoms with van der Waals surface area (Å²) < 4.78 is 0. The molecule has 0 unspecified atom stereocenters. The van der Waals surface area contributed by atoms with Crippen LogP contribution in [0.2, 0.25) is 5.02 Å². The summed E-state index contributed by atoms with van der Waals surface area (Å²) >= 11 is 5.94. The molecule has 0 aromatic heterocycles. The fourth-order valence-electron chi connectivity index (χ4n) is 1.97. The van der Waals surface area contributed by atoms with Crippen LogP contribution in [-0.4, -0.2) is 18.0 Å². The van der Waals surface area contributed by atoms with Crippen LogP contribution in [0.4, 0.5) is 0 Å². The summed E-state index contributed by atoms with van der Waals surface area (Å²) in [5.74, 6) is 0. The molecule has 0 aliphatic carbocycles. The van der Waals surface area contributed by atoms with E-state index in [0.717, 1.165) is 35.8 Å². The van der Waals surface area contributed by atoms with Crippen molar-refractivity contribution in [2.24, 2.45) is 5.73 Å². The van der Waals surface area contributed by atoms with Gasteiger partial charge in [0.2, 0.25) is 0 Å². The molecule has 0 bridgehead atoms. The predicted octanol–water partition coefficient (Wildman–Crippen LogP) is 2.28. The van der Waals surface area contributed by atoms with Gasteiger partial charge in [0.15, 0.2) is 0 Å². The smallest absolute Gasteiger partial charge is 0.0979 e. The average molecular weight is 248 g/mol. The molecule has 1 aliphatic heterocycles. The first-order valence-corrected chi connectivity index (χ1v) is 5.91. The highest BCUT2D eigenvalue weighted by molar-refractivity contribution is 6.30. The molecule has 0 spiro atoms. The zero-order valence-electron chi connectivity index (χ0n) is 9.49. The van der Waals surface area contributed by atoms with Gasteiger partial charge in [-0.2, -0.15) is 5.26 Å². The summed E-state index contributed by atoms with van der Waals surface area (Å²) in [6.45, 7) is 2.33. The highest BCUT2D eigenvalue weighted by atomic mass is 35.5. The van der Waals surface area contributed by atoms with Gasteiger partial charge in [0, 0.05) is 36.8 Å². The molecule has 0 radical (unpaired) electrons. The number of nitrogens with two attached hydrogens (primary N) is 1. The van der Waals surface area contributed by atoms with E-state index in [1.54, 1.807) is 0 Å². The molecule has 2 rings (SSSR count). The predicted molar refractivity (Wildman–Crippen MR) is 68.2 cm³/mol. The largest absolute Gasteiger partial charge is 0.401 e. The van der Waals surface area contributed by atoms with Gasteiger partial charge in [-0.3, -0.25) is 4.90 Å². The number of hydrogen-bond donors (Lipinski definition) is 1. The van der Waals surface area contributed by atoms with Gasteiger partial charge in [0.1, 0.15) is 0 Å². The summed E-state index contributed by atoms with van der Waals surface area (Å²) in [5, 5.41) is 9.70. The summed E-state index contributed by atoms with van der Waals surface area (Å²) in [4.78, 5) is 2.21. The van der Waals surface area contributed by atoms with E-state index in [4.69, 9.17) is 22.6 Å². The molecule has 0 saturated heterocycles. The van der Waals surface area contributed by atoms with E-state index in [9.17, 15) is 0 Å². The number of benzene rings is 1. The van der Waals surface area contributed by atoms with E-state index in [2.05, 4.69) is 11.0 Å². The van der Waals surface area contributed by atoms with Gasteiger partial charge in [-0.25, -0.2) is 0 Å². The Morgan fingerprint density at radius 2 is 2.29 bits per heavy atom. The lowest BCUT2D eigenvalue weighted by Gasteiger charge is -2.27. The minimum absolute atomic E-state index is 0.634. The molecule has 0 amide bonds. The fourth-order valence-corrected chi connectivity index (χ4v) is 2.18. The van der Waals surface area contributed by atoms with Crippen molar-refractivity contribution in [1.29, 1.82) is 5.26 Å². The molecule has 88 valence electrons. The molecule has 17 heavy (non-hydrogen) atoms. The monoisotopic (exact) mass is 247 g/mol. The van der Waals surface area contributed by atoms with Gasteiger partial charge in [-0.1, -0.05) is 23.7 Å². The number of hydrogen-bond acceptors (Lipinski definition) is 3. The third kappa shape index (κ3) is 3.00. The van der Waals surface area contributed by atoms with Crippen molar-refractivity contribution in [3.63, 3.8) is 0 Å². The van der Waals surface area contributed by atoms with Crippen molar-refractivity contribution in [3.8, 4) is 6.07 Å². The van der Waals surface area contributed by atoms with E-state index in [1.807, 2.05) is 24.3 Å². The van der Waals surface area contributed by atoms with Crippen LogP contribution in [0.1, 0.15) is 12.0 Å². The van der Waals surface area contributed by atoms with Crippen molar-refractivity contribution in [1.82, 2.24) is 4.90 Å². The molecule has 1 aliphatic rings. The molecule has 1 heterocycles. The van der Waals surface area contributed by atoms with Crippen LogP contribution in [0.25, 0.3) is 0 Å². The normalized spacial score (nSPS) is 16.9. The zero-order valence-corrected chi connectivity index (χ0v) is 10.2. The standard InChI is InChI=1S/C13H14ClN3/c14-12-3-1-2-10(6-12)8-17-5-4-13(16)11(7-15)9-17/h1-3,6H,4-5,8-9,16H2. The second-order valence-electron chi connectivity index (χ2n) is 4.21. The molecule has 0 fully saturated rings. The molecule has 4 heteroatoms. The van der Waals surface area contributed by atoms with E-state index in [0.29, 0.717) is 12.1 Å². The minimum Gasteiger partial charge on any atom is -0.401 e. The lowest BCUT2D eigenvalue weighted by atomic mass is 10.1. The molecule has 2 N–H and O–H groups in total. The Labute approximate surface area is 106 Å². The van der Waals surface area contributed by atoms with Gasteiger partial charge in [0.05, 0.1) is 11.6 Å². The SMILES string of the molecule is N#CC1=C(N)CCN(Cc2cccc(Cl)c2)C1. The Morgan fingerprint density at radius 1 is 1.47 bits per heavy atom. The maximum atomic E-state index is 8.95. The maximum absolute atomic E-state index is 8.95. The second kappa shape index (κ2) is 5.22. The topological polar surface area (TPSA) is 53.1 Å². The van der Waals surface area contributed by atoms with Gasteiger partial charge in [-0.15, -0.1) is 0 Å². The van der Waals surface area contributed by atoms with E-state index >= 15 is 0 Å². The van der Waals surface area contributed by atoms with Crippen LogP contribution in [0, 0.1) is 11.3 Å².